The Labute approximate surface area is 147 Å². The molecule has 1 aliphatic carbocycles. The fraction of sp³-hybridized carbons (Fsp3) is 0.500. The average molecular weight is 344 g/mol. The molecular weight excluding hydrogens is 320 g/mol. The lowest BCUT2D eigenvalue weighted by Crippen LogP contribution is -2.33. The van der Waals surface area contributed by atoms with Crippen molar-refractivity contribution >= 4 is 5.91 Å². The molecule has 0 radical (unpaired) electrons. The van der Waals surface area contributed by atoms with E-state index in [0.29, 0.717) is 19.4 Å². The largest absolute Gasteiger partial charge is 0.497 e. The molecule has 1 aromatic carbocycles. The van der Waals surface area contributed by atoms with Crippen LogP contribution in [0.4, 0.5) is 0 Å². The molecule has 0 saturated heterocycles. The van der Waals surface area contributed by atoms with Gasteiger partial charge in [0.2, 0.25) is 5.91 Å². The topological polar surface area (TPSA) is 89.3 Å². The van der Waals surface area contributed by atoms with Crippen molar-refractivity contribution in [2.45, 2.75) is 31.3 Å². The zero-order valence-electron chi connectivity index (χ0n) is 14.6. The van der Waals surface area contributed by atoms with Crippen LogP contribution in [0.1, 0.15) is 30.1 Å². The molecule has 1 fully saturated rings. The predicted octanol–water partition coefficient (Wildman–Crippen LogP) is 1.04. The van der Waals surface area contributed by atoms with Crippen molar-refractivity contribution in [1.82, 2.24) is 20.1 Å². The van der Waals surface area contributed by atoms with E-state index in [1.807, 2.05) is 35.9 Å². The van der Waals surface area contributed by atoms with Crippen molar-refractivity contribution in [3.63, 3.8) is 0 Å². The summed E-state index contributed by atoms with van der Waals surface area (Å²) in [5.74, 6) is 1.85. The molecule has 25 heavy (non-hydrogen) atoms. The second-order valence-electron chi connectivity index (χ2n) is 6.62. The smallest absolute Gasteiger partial charge is 0.224 e. The number of benzene rings is 1. The Bertz CT molecular complexity index is 713. The molecule has 2 N–H and O–H groups in total. The van der Waals surface area contributed by atoms with Crippen molar-refractivity contribution in [3.05, 3.63) is 42.0 Å². The van der Waals surface area contributed by atoms with Crippen LogP contribution in [0.3, 0.4) is 0 Å². The number of amides is 1. The number of carbonyl (C=O) groups is 1. The number of carbonyl (C=O) groups excluding carboxylic acids is 1. The van der Waals surface area contributed by atoms with Crippen molar-refractivity contribution < 1.29 is 14.6 Å². The highest BCUT2D eigenvalue weighted by Gasteiger charge is 2.35. The molecule has 7 nitrogen and oxygen atoms in total. The normalized spacial score (nSPS) is 22.8. The molecular formula is C18H24N4O3. The van der Waals surface area contributed by atoms with E-state index in [-0.39, 0.29) is 17.7 Å². The molecule has 134 valence electrons. The van der Waals surface area contributed by atoms with E-state index >= 15 is 0 Å². The molecule has 2 aromatic rings. The summed E-state index contributed by atoms with van der Waals surface area (Å²) in [4.78, 5) is 12.1. The Morgan fingerprint density at radius 3 is 2.76 bits per heavy atom. The number of aliphatic hydroxyl groups is 1. The van der Waals surface area contributed by atoms with E-state index in [2.05, 4.69) is 15.5 Å². The summed E-state index contributed by atoms with van der Waals surface area (Å²) in [5, 5.41) is 21.3. The summed E-state index contributed by atoms with van der Waals surface area (Å²) in [6.45, 7) is 0.477. The standard InChI is InChI=1S/C18H24N4O3/c1-22-11-20-21-18(22)13-8-14(16(23)9-13)10-19-17(24)7-12-3-5-15(25-2)6-4-12/h3-6,11,13-14,16,23H,7-10H2,1-2H3,(H,19,24)/t13-,14+,16+/m0/s1. The van der Waals surface area contributed by atoms with Gasteiger partial charge in [0.1, 0.15) is 17.9 Å². The number of hydrogen-bond acceptors (Lipinski definition) is 5. The van der Waals surface area contributed by atoms with Gasteiger partial charge in [-0.2, -0.15) is 0 Å². The lowest BCUT2D eigenvalue weighted by Gasteiger charge is -2.15. The molecule has 0 aliphatic heterocycles. The number of hydrogen-bond donors (Lipinski definition) is 2. The maximum absolute atomic E-state index is 12.1. The van der Waals surface area contributed by atoms with Crippen LogP contribution in [0.5, 0.6) is 5.75 Å². The molecule has 0 unspecified atom stereocenters. The molecule has 1 amide bonds. The van der Waals surface area contributed by atoms with Gasteiger partial charge in [-0.15, -0.1) is 10.2 Å². The van der Waals surface area contributed by atoms with E-state index < -0.39 is 6.10 Å². The van der Waals surface area contributed by atoms with Gasteiger partial charge in [0.15, 0.2) is 0 Å². The van der Waals surface area contributed by atoms with Crippen molar-refractivity contribution in [1.29, 1.82) is 0 Å². The first-order valence-electron chi connectivity index (χ1n) is 8.48. The third-order valence-corrected chi connectivity index (χ3v) is 4.85. The fourth-order valence-corrected chi connectivity index (χ4v) is 3.43. The van der Waals surface area contributed by atoms with Gasteiger partial charge in [-0.05, 0) is 30.5 Å². The zero-order valence-corrected chi connectivity index (χ0v) is 14.6. The van der Waals surface area contributed by atoms with Gasteiger partial charge in [-0.3, -0.25) is 4.79 Å². The SMILES string of the molecule is COc1ccc(CC(=O)NC[C@H]2C[C@H](c3nncn3C)C[C@H]2O)cc1. The summed E-state index contributed by atoms with van der Waals surface area (Å²) >= 11 is 0. The Balaban J connectivity index is 1.49. The molecule has 1 heterocycles. The first-order valence-corrected chi connectivity index (χ1v) is 8.48. The third kappa shape index (κ3) is 4.17. The van der Waals surface area contributed by atoms with E-state index in [1.54, 1.807) is 13.4 Å². The minimum atomic E-state index is -0.428. The zero-order chi connectivity index (χ0) is 17.8. The van der Waals surface area contributed by atoms with Gasteiger partial charge in [0.25, 0.3) is 0 Å². The van der Waals surface area contributed by atoms with Crippen LogP contribution < -0.4 is 10.1 Å². The summed E-state index contributed by atoms with van der Waals surface area (Å²) < 4.78 is 7.00. The highest BCUT2D eigenvalue weighted by atomic mass is 16.5. The number of methoxy groups -OCH3 is 1. The molecule has 1 saturated carbocycles. The van der Waals surface area contributed by atoms with Gasteiger partial charge in [0.05, 0.1) is 19.6 Å². The molecule has 3 atom stereocenters. The van der Waals surface area contributed by atoms with Crippen molar-refractivity contribution in [2.24, 2.45) is 13.0 Å². The highest BCUT2D eigenvalue weighted by Crippen LogP contribution is 2.37. The number of nitrogens with one attached hydrogen (secondary N) is 1. The molecule has 7 heteroatoms. The van der Waals surface area contributed by atoms with E-state index in [4.69, 9.17) is 4.74 Å². The van der Waals surface area contributed by atoms with Gasteiger partial charge < -0.3 is 19.7 Å². The molecule has 1 aromatic heterocycles. The molecule has 0 bridgehead atoms. The summed E-state index contributed by atoms with van der Waals surface area (Å²) in [5.41, 5.74) is 0.933. The summed E-state index contributed by atoms with van der Waals surface area (Å²) in [6, 6.07) is 7.45. The number of aryl methyl sites for hydroxylation is 1. The van der Waals surface area contributed by atoms with Crippen LogP contribution in [-0.4, -0.2) is 45.5 Å². The van der Waals surface area contributed by atoms with Crippen LogP contribution in [0.25, 0.3) is 0 Å². The second-order valence-corrected chi connectivity index (χ2v) is 6.62. The van der Waals surface area contributed by atoms with Crippen LogP contribution in [0.2, 0.25) is 0 Å². The van der Waals surface area contributed by atoms with E-state index in [1.165, 1.54) is 0 Å². The van der Waals surface area contributed by atoms with Gasteiger partial charge in [-0.1, -0.05) is 12.1 Å². The molecule has 1 aliphatic rings. The van der Waals surface area contributed by atoms with Crippen molar-refractivity contribution in [3.8, 4) is 5.75 Å². The maximum Gasteiger partial charge on any atom is 0.224 e. The quantitative estimate of drug-likeness (QED) is 0.817. The first-order chi connectivity index (χ1) is 12.1. The number of aromatic nitrogens is 3. The summed E-state index contributed by atoms with van der Waals surface area (Å²) in [6.07, 6.45) is 3.02. The van der Waals surface area contributed by atoms with Gasteiger partial charge in [-0.25, -0.2) is 0 Å². The Morgan fingerprint density at radius 1 is 1.36 bits per heavy atom. The fourth-order valence-electron chi connectivity index (χ4n) is 3.43. The lowest BCUT2D eigenvalue weighted by molar-refractivity contribution is -0.120. The van der Waals surface area contributed by atoms with Crippen LogP contribution in [0, 0.1) is 5.92 Å². The Kier molecular flexibility index (Phi) is 5.33. The van der Waals surface area contributed by atoms with Gasteiger partial charge >= 0.3 is 0 Å². The number of ether oxygens (including phenoxy) is 1. The van der Waals surface area contributed by atoms with Crippen LogP contribution in [-0.2, 0) is 18.3 Å². The molecule has 0 spiro atoms. The lowest BCUT2D eigenvalue weighted by atomic mass is 10.0. The minimum Gasteiger partial charge on any atom is -0.497 e. The van der Waals surface area contributed by atoms with Crippen LogP contribution in [0.15, 0.2) is 30.6 Å². The number of aliphatic hydroxyl groups excluding tert-OH is 1. The Morgan fingerprint density at radius 2 is 2.12 bits per heavy atom. The van der Waals surface area contributed by atoms with Crippen molar-refractivity contribution in [2.75, 3.05) is 13.7 Å². The van der Waals surface area contributed by atoms with Gasteiger partial charge in [0, 0.05) is 25.4 Å². The molecule has 3 rings (SSSR count). The van der Waals surface area contributed by atoms with Crippen LogP contribution >= 0.6 is 0 Å². The monoisotopic (exact) mass is 344 g/mol. The highest BCUT2D eigenvalue weighted by molar-refractivity contribution is 5.78. The van der Waals surface area contributed by atoms with E-state index in [0.717, 1.165) is 23.6 Å². The van der Waals surface area contributed by atoms with E-state index in [9.17, 15) is 9.90 Å². The predicted molar refractivity (Wildman–Crippen MR) is 92.2 cm³/mol. The number of nitrogens with zero attached hydrogens (tertiary/aromatic N) is 3. The minimum absolute atomic E-state index is 0.0422. The average Bonchev–Trinajstić information content (AvgIpc) is 3.19. The first kappa shape index (κ1) is 17.4. The summed E-state index contributed by atoms with van der Waals surface area (Å²) in [7, 11) is 3.52. The third-order valence-electron chi connectivity index (χ3n) is 4.85. The maximum atomic E-state index is 12.1. The second kappa shape index (κ2) is 7.65. The Hall–Kier alpha value is -2.41. The number of rotatable bonds is 6.